The highest BCUT2D eigenvalue weighted by atomic mass is 32.2. The largest absolute Gasteiger partial charge is 0.358 e. The van der Waals surface area contributed by atoms with Gasteiger partial charge in [0.2, 0.25) is 10.0 Å². The molecule has 6 nitrogen and oxygen atoms in total. The first-order valence-corrected chi connectivity index (χ1v) is 8.07. The van der Waals surface area contributed by atoms with Gasteiger partial charge in [-0.05, 0) is 24.3 Å². The van der Waals surface area contributed by atoms with E-state index >= 15 is 0 Å². The second-order valence-corrected chi connectivity index (χ2v) is 6.35. The van der Waals surface area contributed by atoms with E-state index in [0.717, 1.165) is 18.2 Å². The van der Waals surface area contributed by atoms with Crippen LogP contribution in [0, 0.1) is 0 Å². The second kappa shape index (κ2) is 5.96. The average Bonchev–Trinajstić information content (AvgIpc) is 2.84. The molecule has 1 N–H and O–H groups in total. The molecule has 0 aliphatic carbocycles. The lowest BCUT2D eigenvalue weighted by molar-refractivity contribution is -0.108. The molecular formula is C13H17N3O3S. The van der Waals surface area contributed by atoms with Crippen molar-refractivity contribution >= 4 is 27.7 Å². The second-order valence-electron chi connectivity index (χ2n) is 4.60. The molecule has 7 heteroatoms. The maximum atomic E-state index is 11.1. The minimum absolute atomic E-state index is 0.509. The minimum Gasteiger partial charge on any atom is -0.358 e. The van der Waals surface area contributed by atoms with Gasteiger partial charge in [0.15, 0.2) is 0 Å². The van der Waals surface area contributed by atoms with E-state index in [9.17, 15) is 13.2 Å². The van der Waals surface area contributed by atoms with E-state index in [1.807, 2.05) is 34.3 Å². The SMILES string of the molecule is CS(=O)(=O)Nc1ccc(N2C=CN(CCC=O)C2)cc1. The molecule has 0 spiro atoms. The van der Waals surface area contributed by atoms with Gasteiger partial charge in [-0.2, -0.15) is 0 Å². The normalized spacial score (nSPS) is 14.7. The number of rotatable bonds is 6. The predicted octanol–water partition coefficient (Wildman–Crippen LogP) is 1.20. The molecule has 0 saturated carbocycles. The number of carbonyl (C=O) groups is 1. The van der Waals surface area contributed by atoms with E-state index in [1.54, 1.807) is 12.1 Å². The minimum atomic E-state index is -3.25. The number of hydrogen-bond acceptors (Lipinski definition) is 5. The van der Waals surface area contributed by atoms with Crippen molar-refractivity contribution in [3.63, 3.8) is 0 Å². The quantitative estimate of drug-likeness (QED) is 0.799. The Balaban J connectivity index is 1.98. The topological polar surface area (TPSA) is 69.7 Å². The standard InChI is InChI=1S/C13H17N3O3S/c1-20(18,19)14-12-3-5-13(6-4-12)16-9-8-15(11-16)7-2-10-17/h3-6,8-10,14H,2,7,11H2,1H3. The Bertz CT molecular complexity index is 596. The van der Waals surface area contributed by atoms with Gasteiger partial charge in [-0.25, -0.2) is 8.42 Å². The van der Waals surface area contributed by atoms with Crippen LogP contribution in [0.25, 0.3) is 0 Å². The van der Waals surface area contributed by atoms with E-state index in [0.29, 0.717) is 25.3 Å². The summed E-state index contributed by atoms with van der Waals surface area (Å²) in [5, 5.41) is 0. The number of carbonyl (C=O) groups excluding carboxylic acids is 1. The van der Waals surface area contributed by atoms with Crippen LogP contribution < -0.4 is 9.62 Å². The van der Waals surface area contributed by atoms with Gasteiger partial charge in [0.1, 0.15) is 6.29 Å². The van der Waals surface area contributed by atoms with Gasteiger partial charge in [-0.3, -0.25) is 4.72 Å². The first kappa shape index (κ1) is 14.4. The van der Waals surface area contributed by atoms with Crippen molar-refractivity contribution < 1.29 is 13.2 Å². The molecule has 1 aromatic carbocycles. The maximum Gasteiger partial charge on any atom is 0.229 e. The smallest absolute Gasteiger partial charge is 0.229 e. The summed E-state index contributed by atoms with van der Waals surface area (Å²) in [5.41, 5.74) is 1.51. The van der Waals surface area contributed by atoms with Crippen LogP contribution in [0.2, 0.25) is 0 Å². The van der Waals surface area contributed by atoms with Gasteiger partial charge in [-0.1, -0.05) is 0 Å². The first-order valence-electron chi connectivity index (χ1n) is 6.18. The van der Waals surface area contributed by atoms with Crippen molar-refractivity contribution in [1.29, 1.82) is 0 Å². The Morgan fingerprint density at radius 1 is 1.25 bits per heavy atom. The van der Waals surface area contributed by atoms with Crippen molar-refractivity contribution in [2.24, 2.45) is 0 Å². The monoisotopic (exact) mass is 295 g/mol. The third kappa shape index (κ3) is 3.99. The molecule has 1 aliphatic rings. The summed E-state index contributed by atoms with van der Waals surface area (Å²) in [6.45, 7) is 1.39. The molecule has 0 unspecified atom stereocenters. The summed E-state index contributed by atoms with van der Waals surface area (Å²) in [7, 11) is -3.25. The van der Waals surface area contributed by atoms with Crippen LogP contribution in [0.1, 0.15) is 6.42 Å². The lowest BCUT2D eigenvalue weighted by Gasteiger charge is -2.20. The van der Waals surface area contributed by atoms with Crippen LogP contribution in [0.4, 0.5) is 11.4 Å². The molecule has 20 heavy (non-hydrogen) atoms. The van der Waals surface area contributed by atoms with Gasteiger partial charge < -0.3 is 14.6 Å². The highest BCUT2D eigenvalue weighted by Crippen LogP contribution is 2.21. The van der Waals surface area contributed by atoms with E-state index < -0.39 is 10.0 Å². The molecule has 2 rings (SSSR count). The van der Waals surface area contributed by atoms with Crippen molar-refractivity contribution in [2.75, 3.05) is 29.1 Å². The van der Waals surface area contributed by atoms with E-state index in [2.05, 4.69) is 4.72 Å². The van der Waals surface area contributed by atoms with E-state index in [4.69, 9.17) is 0 Å². The fourth-order valence-electron chi connectivity index (χ4n) is 1.93. The van der Waals surface area contributed by atoms with Gasteiger partial charge in [0.05, 0.1) is 12.9 Å². The summed E-state index contributed by atoms with van der Waals surface area (Å²) >= 11 is 0. The first-order chi connectivity index (χ1) is 9.48. The molecular weight excluding hydrogens is 278 g/mol. The van der Waals surface area contributed by atoms with Gasteiger partial charge in [-0.15, -0.1) is 0 Å². The van der Waals surface area contributed by atoms with E-state index in [1.165, 1.54) is 0 Å². The number of anilines is 2. The fraction of sp³-hybridized carbons (Fsp3) is 0.308. The summed E-state index contributed by atoms with van der Waals surface area (Å²) in [4.78, 5) is 14.4. The van der Waals surface area contributed by atoms with Crippen LogP contribution in [-0.4, -0.2) is 39.1 Å². The number of benzene rings is 1. The summed E-state index contributed by atoms with van der Waals surface area (Å²) in [6, 6.07) is 7.14. The Hall–Kier alpha value is -2.02. The van der Waals surface area contributed by atoms with Gasteiger partial charge in [0, 0.05) is 36.7 Å². The number of hydrogen-bond donors (Lipinski definition) is 1. The summed E-state index contributed by atoms with van der Waals surface area (Å²) in [5.74, 6) is 0. The molecule has 0 bridgehead atoms. The van der Waals surface area contributed by atoms with Crippen molar-refractivity contribution in [3.05, 3.63) is 36.7 Å². The highest BCUT2D eigenvalue weighted by molar-refractivity contribution is 7.92. The molecule has 0 saturated heterocycles. The lowest BCUT2D eigenvalue weighted by Crippen LogP contribution is -2.25. The Kier molecular flexibility index (Phi) is 4.29. The molecule has 1 aliphatic heterocycles. The molecule has 1 heterocycles. The zero-order chi connectivity index (χ0) is 14.6. The third-order valence-electron chi connectivity index (χ3n) is 2.83. The van der Waals surface area contributed by atoms with Crippen LogP contribution in [0.5, 0.6) is 0 Å². The van der Waals surface area contributed by atoms with Gasteiger partial charge in [0.25, 0.3) is 0 Å². The highest BCUT2D eigenvalue weighted by Gasteiger charge is 2.13. The number of nitrogens with one attached hydrogen (secondary N) is 1. The molecule has 0 aromatic heterocycles. The number of sulfonamides is 1. The zero-order valence-corrected chi connectivity index (χ0v) is 12.0. The van der Waals surface area contributed by atoms with E-state index in [-0.39, 0.29) is 0 Å². The predicted molar refractivity (Wildman–Crippen MR) is 78.8 cm³/mol. The van der Waals surface area contributed by atoms with Crippen molar-refractivity contribution in [2.45, 2.75) is 6.42 Å². The lowest BCUT2D eigenvalue weighted by atomic mass is 10.3. The third-order valence-corrected chi connectivity index (χ3v) is 3.43. The maximum absolute atomic E-state index is 11.1. The Morgan fingerprint density at radius 3 is 2.55 bits per heavy atom. The Labute approximate surface area is 118 Å². The molecule has 1 aromatic rings. The summed E-state index contributed by atoms with van der Waals surface area (Å²) < 4.78 is 24.7. The molecule has 108 valence electrons. The van der Waals surface area contributed by atoms with Crippen LogP contribution >= 0.6 is 0 Å². The van der Waals surface area contributed by atoms with Crippen LogP contribution in [0.3, 0.4) is 0 Å². The molecule has 0 atom stereocenters. The molecule has 0 fully saturated rings. The number of nitrogens with zero attached hydrogens (tertiary/aromatic N) is 2. The Morgan fingerprint density at radius 2 is 1.95 bits per heavy atom. The average molecular weight is 295 g/mol. The van der Waals surface area contributed by atoms with Crippen LogP contribution in [0.15, 0.2) is 36.7 Å². The molecule has 0 amide bonds. The number of aldehydes is 1. The van der Waals surface area contributed by atoms with Crippen molar-refractivity contribution in [1.82, 2.24) is 4.90 Å². The zero-order valence-electron chi connectivity index (χ0n) is 11.2. The van der Waals surface area contributed by atoms with Gasteiger partial charge >= 0.3 is 0 Å². The van der Waals surface area contributed by atoms with Crippen LogP contribution in [-0.2, 0) is 14.8 Å². The fourth-order valence-corrected chi connectivity index (χ4v) is 2.50. The van der Waals surface area contributed by atoms with Crippen molar-refractivity contribution in [3.8, 4) is 0 Å². The molecule has 0 radical (unpaired) electrons. The summed E-state index contributed by atoms with van der Waals surface area (Å²) in [6.07, 6.45) is 6.41.